The second-order valence-corrected chi connectivity index (χ2v) is 4.60. The number of hydrogen-bond donors (Lipinski definition) is 1. The van der Waals surface area contributed by atoms with E-state index in [4.69, 9.17) is 10.4 Å². The van der Waals surface area contributed by atoms with Gasteiger partial charge in [0.1, 0.15) is 11.8 Å². The summed E-state index contributed by atoms with van der Waals surface area (Å²) in [5.74, 6) is 1.30. The normalized spacial score (nSPS) is 14.4. The Morgan fingerprint density at radius 3 is 2.06 bits per heavy atom. The molecule has 0 bridgehead atoms. The Labute approximate surface area is 107 Å². The number of allylic oxidation sites excluding steroid dienone is 2. The molecule has 0 amide bonds. The van der Waals surface area contributed by atoms with Gasteiger partial charge in [-0.1, -0.05) is 54.2 Å². The predicted molar refractivity (Wildman–Crippen MR) is 74.6 cm³/mol. The molecular weight excluding hydrogens is 210 g/mol. The molecule has 0 aromatic heterocycles. The van der Waals surface area contributed by atoms with E-state index in [1.54, 1.807) is 6.08 Å². The lowest BCUT2D eigenvalue weighted by atomic mass is 9.87. The zero-order valence-corrected chi connectivity index (χ0v) is 12.1. The van der Waals surface area contributed by atoms with Crippen LogP contribution in [0.2, 0.25) is 0 Å². The Hall–Kier alpha value is -1.23. The Morgan fingerprint density at radius 1 is 1.29 bits per heavy atom. The van der Waals surface area contributed by atoms with Crippen LogP contribution in [0, 0.1) is 29.1 Å². The van der Waals surface area contributed by atoms with Crippen molar-refractivity contribution in [3.63, 3.8) is 0 Å². The number of nitrogens with zero attached hydrogens (tertiary/aromatic N) is 1. The van der Waals surface area contributed by atoms with Crippen molar-refractivity contribution < 1.29 is 5.11 Å². The molecular formula is C15H27NO. The molecule has 1 unspecified atom stereocenters. The van der Waals surface area contributed by atoms with Gasteiger partial charge in [0.05, 0.1) is 5.57 Å². The SMILES string of the molecule is C=C(O)/C(C#N)=C/C(C)[C@@H](C)CC(C)C.CC. The van der Waals surface area contributed by atoms with Gasteiger partial charge in [-0.2, -0.15) is 5.26 Å². The van der Waals surface area contributed by atoms with E-state index in [9.17, 15) is 0 Å². The molecule has 0 aliphatic rings. The van der Waals surface area contributed by atoms with Crippen LogP contribution in [0.25, 0.3) is 0 Å². The summed E-state index contributed by atoms with van der Waals surface area (Å²) in [6.45, 7) is 16.0. The highest BCUT2D eigenvalue weighted by molar-refractivity contribution is 5.36. The van der Waals surface area contributed by atoms with Crippen LogP contribution in [0.1, 0.15) is 48.0 Å². The van der Waals surface area contributed by atoms with Crippen LogP contribution in [-0.4, -0.2) is 5.11 Å². The number of aliphatic hydroxyl groups excluding tert-OH is 1. The van der Waals surface area contributed by atoms with Crippen LogP contribution in [0.15, 0.2) is 24.0 Å². The molecule has 0 fully saturated rings. The Kier molecular flexibility index (Phi) is 10.6. The summed E-state index contributed by atoms with van der Waals surface area (Å²) in [6, 6.07) is 1.95. The maximum Gasteiger partial charge on any atom is 0.125 e. The molecule has 0 aromatic carbocycles. The zero-order chi connectivity index (χ0) is 14.0. The van der Waals surface area contributed by atoms with Gasteiger partial charge in [-0.3, -0.25) is 0 Å². The maximum atomic E-state index is 9.14. The van der Waals surface area contributed by atoms with Gasteiger partial charge in [-0.05, 0) is 24.2 Å². The summed E-state index contributed by atoms with van der Waals surface area (Å²) in [5, 5.41) is 17.9. The third-order valence-electron chi connectivity index (χ3n) is 2.60. The lowest BCUT2D eigenvalue weighted by Crippen LogP contribution is -2.09. The number of rotatable bonds is 5. The van der Waals surface area contributed by atoms with Crippen molar-refractivity contribution in [2.24, 2.45) is 17.8 Å². The second-order valence-electron chi connectivity index (χ2n) is 4.60. The van der Waals surface area contributed by atoms with E-state index in [0.717, 1.165) is 6.42 Å². The third-order valence-corrected chi connectivity index (χ3v) is 2.60. The monoisotopic (exact) mass is 237 g/mol. The van der Waals surface area contributed by atoms with Crippen molar-refractivity contribution in [3.8, 4) is 6.07 Å². The van der Waals surface area contributed by atoms with Crippen LogP contribution >= 0.6 is 0 Å². The molecule has 0 saturated heterocycles. The summed E-state index contributed by atoms with van der Waals surface area (Å²) in [4.78, 5) is 0. The number of aliphatic hydroxyl groups is 1. The van der Waals surface area contributed by atoms with E-state index in [0.29, 0.717) is 11.8 Å². The minimum Gasteiger partial charge on any atom is -0.507 e. The zero-order valence-electron chi connectivity index (χ0n) is 12.1. The van der Waals surface area contributed by atoms with E-state index >= 15 is 0 Å². The van der Waals surface area contributed by atoms with Crippen LogP contribution < -0.4 is 0 Å². The first-order chi connectivity index (χ1) is 7.88. The van der Waals surface area contributed by atoms with Crippen molar-refractivity contribution in [2.45, 2.75) is 48.0 Å². The molecule has 0 saturated carbocycles. The quantitative estimate of drug-likeness (QED) is 0.422. The van der Waals surface area contributed by atoms with E-state index < -0.39 is 0 Å². The second kappa shape index (κ2) is 9.96. The van der Waals surface area contributed by atoms with Crippen molar-refractivity contribution in [1.29, 1.82) is 5.26 Å². The number of nitriles is 1. The molecule has 17 heavy (non-hydrogen) atoms. The largest absolute Gasteiger partial charge is 0.507 e. The Bertz CT molecular complexity index is 284. The van der Waals surface area contributed by atoms with Gasteiger partial charge in [0.2, 0.25) is 0 Å². The van der Waals surface area contributed by atoms with Crippen LogP contribution in [0.5, 0.6) is 0 Å². The maximum absolute atomic E-state index is 9.14. The molecule has 0 spiro atoms. The summed E-state index contributed by atoms with van der Waals surface area (Å²) in [7, 11) is 0. The molecule has 0 aromatic rings. The van der Waals surface area contributed by atoms with Gasteiger partial charge >= 0.3 is 0 Å². The van der Waals surface area contributed by atoms with E-state index in [1.165, 1.54) is 0 Å². The molecule has 0 aliphatic heterocycles. The highest BCUT2D eigenvalue weighted by atomic mass is 16.3. The van der Waals surface area contributed by atoms with Crippen molar-refractivity contribution in [2.75, 3.05) is 0 Å². The smallest absolute Gasteiger partial charge is 0.125 e. The average Bonchev–Trinajstić information content (AvgIpc) is 2.26. The molecule has 2 atom stereocenters. The first kappa shape index (κ1) is 18.1. The lowest BCUT2D eigenvalue weighted by molar-refractivity contribution is 0.367. The van der Waals surface area contributed by atoms with Gasteiger partial charge in [0.15, 0.2) is 0 Å². The molecule has 0 radical (unpaired) electrons. The van der Waals surface area contributed by atoms with E-state index in [-0.39, 0.29) is 17.3 Å². The summed E-state index contributed by atoms with van der Waals surface area (Å²) < 4.78 is 0. The van der Waals surface area contributed by atoms with Crippen LogP contribution in [0.3, 0.4) is 0 Å². The van der Waals surface area contributed by atoms with Gasteiger partial charge in [0.25, 0.3) is 0 Å². The van der Waals surface area contributed by atoms with Crippen LogP contribution in [-0.2, 0) is 0 Å². The van der Waals surface area contributed by atoms with Gasteiger partial charge < -0.3 is 5.11 Å². The molecule has 0 heterocycles. The fraction of sp³-hybridized carbons (Fsp3) is 0.667. The first-order valence-corrected chi connectivity index (χ1v) is 6.38. The van der Waals surface area contributed by atoms with E-state index in [1.807, 2.05) is 19.9 Å². The van der Waals surface area contributed by atoms with Gasteiger partial charge in [-0.15, -0.1) is 0 Å². The molecule has 0 rings (SSSR count). The molecule has 98 valence electrons. The Morgan fingerprint density at radius 2 is 1.76 bits per heavy atom. The number of hydrogen-bond acceptors (Lipinski definition) is 2. The standard InChI is InChI=1S/C13H21NO.C2H6/c1-9(2)6-10(3)11(4)7-13(8-14)12(5)15;1-2/h7,9-11,15H,5-6H2,1-4H3;1-2H3/b13-7+;/t10-,11?;/m0./s1. The molecule has 0 aliphatic carbocycles. The van der Waals surface area contributed by atoms with Gasteiger partial charge in [0, 0.05) is 0 Å². The molecule has 2 nitrogen and oxygen atoms in total. The van der Waals surface area contributed by atoms with Crippen LogP contribution in [0.4, 0.5) is 0 Å². The third kappa shape index (κ3) is 8.56. The highest BCUT2D eigenvalue weighted by Crippen LogP contribution is 2.22. The fourth-order valence-electron chi connectivity index (χ4n) is 1.58. The van der Waals surface area contributed by atoms with Gasteiger partial charge in [-0.25, -0.2) is 0 Å². The predicted octanol–water partition coefficient (Wildman–Crippen LogP) is 4.85. The highest BCUT2D eigenvalue weighted by Gasteiger charge is 2.13. The van der Waals surface area contributed by atoms with Crippen molar-refractivity contribution in [1.82, 2.24) is 0 Å². The molecule has 2 heteroatoms. The summed E-state index contributed by atoms with van der Waals surface area (Å²) in [6.07, 6.45) is 2.92. The first-order valence-electron chi connectivity index (χ1n) is 6.38. The fourth-order valence-corrected chi connectivity index (χ4v) is 1.58. The Balaban J connectivity index is 0. The minimum absolute atomic E-state index is 0.138. The summed E-state index contributed by atoms with van der Waals surface area (Å²) >= 11 is 0. The average molecular weight is 237 g/mol. The van der Waals surface area contributed by atoms with Crippen molar-refractivity contribution in [3.05, 3.63) is 24.0 Å². The van der Waals surface area contributed by atoms with Crippen molar-refractivity contribution >= 4 is 0 Å². The lowest BCUT2D eigenvalue weighted by Gasteiger charge is -2.18. The van der Waals surface area contributed by atoms with E-state index in [2.05, 4.69) is 34.3 Å². The molecule has 1 N–H and O–H groups in total. The minimum atomic E-state index is -0.138. The topological polar surface area (TPSA) is 44.0 Å². The summed E-state index contributed by atoms with van der Waals surface area (Å²) in [5.41, 5.74) is 0.290.